The zero-order chi connectivity index (χ0) is 18.7. The van der Waals surface area contributed by atoms with Crippen LogP contribution in [0.2, 0.25) is 5.02 Å². The van der Waals surface area contributed by atoms with E-state index in [2.05, 4.69) is 10.3 Å². The summed E-state index contributed by atoms with van der Waals surface area (Å²) in [6, 6.07) is 13.7. The van der Waals surface area contributed by atoms with Gasteiger partial charge in [0.1, 0.15) is 0 Å². The van der Waals surface area contributed by atoms with Crippen LogP contribution in [-0.4, -0.2) is 16.7 Å². The molecule has 26 heavy (non-hydrogen) atoms. The van der Waals surface area contributed by atoms with Gasteiger partial charge in [-0.1, -0.05) is 29.8 Å². The molecular formula is C20H17ClN2O3. The van der Waals surface area contributed by atoms with Gasteiger partial charge in [-0.25, -0.2) is 0 Å². The van der Waals surface area contributed by atoms with Crippen molar-refractivity contribution in [3.05, 3.63) is 75.0 Å². The Kier molecular flexibility index (Phi) is 5.19. The number of aryl methyl sites for hydroxylation is 1. The number of anilines is 1. The molecule has 2 aromatic carbocycles. The van der Waals surface area contributed by atoms with Crippen LogP contribution in [0.1, 0.15) is 28.8 Å². The lowest BCUT2D eigenvalue weighted by Crippen LogP contribution is -2.14. The van der Waals surface area contributed by atoms with E-state index in [9.17, 15) is 14.4 Å². The summed E-state index contributed by atoms with van der Waals surface area (Å²) < 4.78 is 0. The maximum atomic E-state index is 12.1. The Hall–Kier alpha value is -2.92. The molecular weight excluding hydrogens is 352 g/mol. The van der Waals surface area contributed by atoms with Crippen LogP contribution in [0.5, 0.6) is 0 Å². The lowest BCUT2D eigenvalue weighted by molar-refractivity contribution is -0.116. The van der Waals surface area contributed by atoms with Crippen molar-refractivity contribution in [3.63, 3.8) is 0 Å². The lowest BCUT2D eigenvalue weighted by Gasteiger charge is -2.07. The fraction of sp³-hybridized carbons (Fsp3) is 0.150. The predicted molar refractivity (Wildman–Crippen MR) is 103 cm³/mol. The van der Waals surface area contributed by atoms with Gasteiger partial charge in [0.25, 0.3) is 5.56 Å². The summed E-state index contributed by atoms with van der Waals surface area (Å²) in [5.41, 5.74) is 2.18. The number of amides is 1. The van der Waals surface area contributed by atoms with E-state index in [0.29, 0.717) is 27.4 Å². The quantitative estimate of drug-likeness (QED) is 0.665. The highest BCUT2D eigenvalue weighted by Crippen LogP contribution is 2.18. The molecule has 0 fully saturated rings. The van der Waals surface area contributed by atoms with Gasteiger partial charge in [0.2, 0.25) is 5.91 Å². The number of H-pyrrole nitrogens is 1. The van der Waals surface area contributed by atoms with Gasteiger partial charge in [0.15, 0.2) is 5.78 Å². The first-order valence-corrected chi connectivity index (χ1v) is 8.52. The molecule has 1 amide bonds. The summed E-state index contributed by atoms with van der Waals surface area (Å²) in [7, 11) is 0. The van der Waals surface area contributed by atoms with Gasteiger partial charge in [-0.15, -0.1) is 0 Å². The highest BCUT2D eigenvalue weighted by Gasteiger charge is 2.10. The lowest BCUT2D eigenvalue weighted by atomic mass is 10.1. The summed E-state index contributed by atoms with van der Waals surface area (Å²) >= 11 is 5.87. The molecule has 1 heterocycles. The Morgan fingerprint density at radius 1 is 1.08 bits per heavy atom. The van der Waals surface area contributed by atoms with Crippen molar-refractivity contribution in [2.45, 2.75) is 19.8 Å². The molecule has 0 bridgehead atoms. The van der Waals surface area contributed by atoms with Crippen molar-refractivity contribution in [1.82, 2.24) is 4.98 Å². The molecule has 0 atom stereocenters. The minimum Gasteiger partial charge on any atom is -0.326 e. The van der Waals surface area contributed by atoms with Crippen LogP contribution in [0, 0.1) is 6.92 Å². The van der Waals surface area contributed by atoms with Crippen molar-refractivity contribution in [3.8, 4) is 0 Å². The molecule has 6 heteroatoms. The summed E-state index contributed by atoms with van der Waals surface area (Å²) in [5.74, 6) is -0.407. The van der Waals surface area contributed by atoms with Crippen molar-refractivity contribution >= 4 is 39.9 Å². The number of carbonyl (C=O) groups is 2. The number of ketones is 1. The maximum absolute atomic E-state index is 12.1. The molecule has 0 aliphatic heterocycles. The first-order valence-electron chi connectivity index (χ1n) is 8.15. The number of halogens is 1. The minimum absolute atomic E-state index is 0.0633. The number of hydrogen-bond acceptors (Lipinski definition) is 3. The fourth-order valence-corrected chi connectivity index (χ4v) is 2.83. The summed E-state index contributed by atoms with van der Waals surface area (Å²) in [4.78, 5) is 38.7. The number of carbonyl (C=O) groups excluding carboxylic acids is 2. The van der Waals surface area contributed by atoms with Gasteiger partial charge in [0, 0.05) is 34.7 Å². The SMILES string of the molecule is Cc1cc2ccc(NC(=O)CCC(=O)c3cccc(Cl)c3)cc2[nH]c1=O. The molecule has 0 aliphatic carbocycles. The van der Waals surface area contributed by atoms with E-state index in [1.54, 1.807) is 49.4 Å². The molecule has 0 aliphatic rings. The molecule has 0 unspecified atom stereocenters. The molecule has 3 aromatic rings. The molecule has 3 rings (SSSR count). The van der Waals surface area contributed by atoms with Crippen LogP contribution in [0.3, 0.4) is 0 Å². The van der Waals surface area contributed by atoms with E-state index in [-0.39, 0.29) is 30.1 Å². The predicted octanol–water partition coefficient (Wildman–Crippen LogP) is 4.09. The first-order chi connectivity index (χ1) is 12.4. The third kappa shape index (κ3) is 4.18. The van der Waals surface area contributed by atoms with E-state index in [4.69, 9.17) is 11.6 Å². The van der Waals surface area contributed by atoms with Crippen LogP contribution < -0.4 is 10.9 Å². The van der Waals surface area contributed by atoms with E-state index in [0.717, 1.165) is 5.39 Å². The van der Waals surface area contributed by atoms with Gasteiger partial charge in [-0.3, -0.25) is 14.4 Å². The monoisotopic (exact) mass is 368 g/mol. The third-order valence-corrected chi connectivity index (χ3v) is 4.28. The molecule has 0 saturated carbocycles. The van der Waals surface area contributed by atoms with Gasteiger partial charge >= 0.3 is 0 Å². The Bertz CT molecular complexity index is 1060. The first kappa shape index (κ1) is 17.9. The Balaban J connectivity index is 1.64. The highest BCUT2D eigenvalue weighted by molar-refractivity contribution is 6.31. The fourth-order valence-electron chi connectivity index (χ4n) is 2.64. The van der Waals surface area contributed by atoms with Gasteiger partial charge in [-0.2, -0.15) is 0 Å². The van der Waals surface area contributed by atoms with Crippen LogP contribution in [0.15, 0.2) is 53.3 Å². The molecule has 0 radical (unpaired) electrons. The normalized spacial score (nSPS) is 10.7. The van der Waals surface area contributed by atoms with Crippen LogP contribution in [0.25, 0.3) is 10.9 Å². The van der Waals surface area contributed by atoms with Gasteiger partial charge < -0.3 is 10.3 Å². The smallest absolute Gasteiger partial charge is 0.251 e. The molecule has 132 valence electrons. The number of hydrogen-bond donors (Lipinski definition) is 2. The Morgan fingerprint density at radius 3 is 2.65 bits per heavy atom. The van der Waals surface area contributed by atoms with E-state index < -0.39 is 0 Å². The average molecular weight is 369 g/mol. The molecule has 1 aromatic heterocycles. The summed E-state index contributed by atoms with van der Waals surface area (Å²) in [6.07, 6.45) is 0.156. The van der Waals surface area contributed by atoms with E-state index in [1.165, 1.54) is 0 Å². The Labute approximate surface area is 155 Å². The van der Waals surface area contributed by atoms with Gasteiger partial charge in [-0.05, 0) is 42.6 Å². The number of benzene rings is 2. The zero-order valence-corrected chi connectivity index (χ0v) is 14.9. The molecule has 0 spiro atoms. The summed E-state index contributed by atoms with van der Waals surface area (Å²) in [5, 5.41) is 4.12. The number of pyridine rings is 1. The minimum atomic E-state index is -0.269. The topological polar surface area (TPSA) is 79.0 Å². The second-order valence-electron chi connectivity index (χ2n) is 6.07. The number of aromatic amines is 1. The van der Waals surface area contributed by atoms with Crippen LogP contribution in [-0.2, 0) is 4.79 Å². The largest absolute Gasteiger partial charge is 0.326 e. The number of rotatable bonds is 5. The highest BCUT2D eigenvalue weighted by atomic mass is 35.5. The van der Waals surface area contributed by atoms with Crippen molar-refractivity contribution in [2.75, 3.05) is 5.32 Å². The number of aromatic nitrogens is 1. The summed E-state index contributed by atoms with van der Waals surface area (Å²) in [6.45, 7) is 1.74. The second kappa shape index (κ2) is 7.54. The second-order valence-corrected chi connectivity index (χ2v) is 6.50. The molecule has 5 nitrogen and oxygen atoms in total. The standard InChI is InChI=1S/C20H17ClN2O3/c1-12-9-13-5-6-16(11-17(13)23-20(12)26)22-19(25)8-7-18(24)14-3-2-4-15(21)10-14/h2-6,9-11H,7-8H2,1H3,(H,22,25)(H,23,26). The van der Waals surface area contributed by atoms with Crippen molar-refractivity contribution in [1.29, 1.82) is 0 Å². The third-order valence-electron chi connectivity index (χ3n) is 4.04. The van der Waals surface area contributed by atoms with Crippen LogP contribution in [0.4, 0.5) is 5.69 Å². The van der Waals surface area contributed by atoms with Crippen molar-refractivity contribution < 1.29 is 9.59 Å². The number of fused-ring (bicyclic) bond motifs is 1. The van der Waals surface area contributed by atoms with E-state index >= 15 is 0 Å². The number of Topliss-reactive ketones (excluding diaryl/α,β-unsaturated/α-hetero) is 1. The van der Waals surface area contributed by atoms with Crippen molar-refractivity contribution in [2.24, 2.45) is 0 Å². The zero-order valence-electron chi connectivity index (χ0n) is 14.1. The molecule has 0 saturated heterocycles. The Morgan fingerprint density at radius 2 is 1.88 bits per heavy atom. The molecule has 2 N–H and O–H groups in total. The van der Waals surface area contributed by atoms with Gasteiger partial charge in [0.05, 0.1) is 5.52 Å². The average Bonchev–Trinajstić information content (AvgIpc) is 2.61. The number of nitrogens with one attached hydrogen (secondary N) is 2. The van der Waals surface area contributed by atoms with Crippen LogP contribution >= 0.6 is 11.6 Å². The maximum Gasteiger partial charge on any atom is 0.251 e. The van der Waals surface area contributed by atoms with E-state index in [1.807, 2.05) is 6.07 Å².